The molecule has 226 valence electrons. The molecule has 2 aromatic heterocycles. The van der Waals surface area contributed by atoms with Crippen LogP contribution in [0, 0.1) is 0 Å². The topological polar surface area (TPSA) is 106 Å². The third-order valence-electron chi connectivity index (χ3n) is 7.14. The van der Waals surface area contributed by atoms with Crippen LogP contribution in [0.3, 0.4) is 0 Å². The van der Waals surface area contributed by atoms with Gasteiger partial charge in [0.1, 0.15) is 5.75 Å². The van der Waals surface area contributed by atoms with Gasteiger partial charge >= 0.3 is 12.1 Å². The number of carbonyl (C=O) groups excluding carboxylic acids is 1. The zero-order valence-corrected chi connectivity index (χ0v) is 24.3. The maximum Gasteiger partial charge on any atom is 0.416 e. The van der Waals surface area contributed by atoms with Crippen molar-refractivity contribution in [1.82, 2.24) is 20.1 Å². The molecule has 0 radical (unpaired) electrons. The number of ether oxygens (including phenoxy) is 1. The summed E-state index contributed by atoms with van der Waals surface area (Å²) in [6, 6.07) is 18.4. The fraction of sp³-hybridized carbons (Fsp3) is 0.188. The van der Waals surface area contributed by atoms with Gasteiger partial charge in [-0.15, -0.1) is 0 Å². The summed E-state index contributed by atoms with van der Waals surface area (Å²) < 4.78 is 47.7. The van der Waals surface area contributed by atoms with E-state index in [9.17, 15) is 22.8 Å². The van der Waals surface area contributed by atoms with E-state index in [-0.39, 0.29) is 29.2 Å². The molecular formula is C32H26ClF3N4O4. The standard InChI is InChI=1S/C32H26ClF3N4O4/c1-18(19-3-5-20(6-4-19)31(43)37-12-11-30(41)42)40-29(22-13-21-7-9-24(44-2)15-27(21)38-17-22)16-28(39-40)25-14-23(32(34,35)36)8-10-26(25)33/h3-10,13-18H,11-12H2,1-2H3,(H,37,43)(H,41,42)/t18-/m0/s1. The first-order valence-corrected chi connectivity index (χ1v) is 13.8. The number of halogens is 4. The SMILES string of the molecule is COc1ccc2cc(-c3cc(-c4cc(C(F)(F)F)ccc4Cl)nn3[C@@H](C)c3ccc(C(=O)NCCC(=O)O)cc3)cnc2c1. The van der Waals surface area contributed by atoms with Crippen LogP contribution in [0.15, 0.2) is 79.0 Å². The molecule has 12 heteroatoms. The summed E-state index contributed by atoms with van der Waals surface area (Å²) in [5, 5.41) is 17.0. The van der Waals surface area contributed by atoms with Crippen molar-refractivity contribution in [2.75, 3.05) is 13.7 Å². The van der Waals surface area contributed by atoms with E-state index in [2.05, 4.69) is 10.3 Å². The van der Waals surface area contributed by atoms with Crippen molar-refractivity contribution in [3.8, 4) is 28.3 Å². The molecule has 3 aromatic carbocycles. The van der Waals surface area contributed by atoms with Crippen molar-refractivity contribution in [3.63, 3.8) is 0 Å². The summed E-state index contributed by atoms with van der Waals surface area (Å²) in [6.07, 6.45) is -3.11. The molecule has 2 N–H and O–H groups in total. The number of amides is 1. The quantitative estimate of drug-likeness (QED) is 0.179. The zero-order valence-electron chi connectivity index (χ0n) is 23.5. The van der Waals surface area contributed by atoms with E-state index >= 15 is 0 Å². The number of hydrogen-bond acceptors (Lipinski definition) is 5. The molecule has 8 nitrogen and oxygen atoms in total. The molecule has 2 heterocycles. The Hall–Kier alpha value is -4.90. The molecule has 0 spiro atoms. The molecule has 1 atom stereocenters. The first-order valence-electron chi connectivity index (χ1n) is 13.5. The van der Waals surface area contributed by atoms with Gasteiger partial charge in [-0.25, -0.2) is 0 Å². The Labute approximate surface area is 255 Å². The van der Waals surface area contributed by atoms with Crippen molar-refractivity contribution in [2.24, 2.45) is 0 Å². The molecule has 0 saturated heterocycles. The highest BCUT2D eigenvalue weighted by Crippen LogP contribution is 2.38. The first-order chi connectivity index (χ1) is 20.9. The van der Waals surface area contributed by atoms with E-state index in [0.29, 0.717) is 28.1 Å². The molecule has 0 fully saturated rings. The lowest BCUT2D eigenvalue weighted by molar-refractivity contribution is -0.138. The lowest BCUT2D eigenvalue weighted by atomic mass is 10.0. The third-order valence-corrected chi connectivity index (χ3v) is 7.47. The number of methoxy groups -OCH3 is 1. The molecule has 0 aliphatic carbocycles. The Morgan fingerprint density at radius 2 is 1.80 bits per heavy atom. The highest BCUT2D eigenvalue weighted by molar-refractivity contribution is 6.33. The van der Waals surface area contributed by atoms with Crippen molar-refractivity contribution in [3.05, 3.63) is 101 Å². The van der Waals surface area contributed by atoms with Crippen LogP contribution >= 0.6 is 11.6 Å². The molecule has 5 rings (SSSR count). The van der Waals surface area contributed by atoms with Crippen LogP contribution in [0.5, 0.6) is 5.75 Å². The van der Waals surface area contributed by atoms with Gasteiger partial charge in [-0.1, -0.05) is 23.7 Å². The van der Waals surface area contributed by atoms with E-state index in [1.54, 1.807) is 60.5 Å². The number of aromatic nitrogens is 3. The van der Waals surface area contributed by atoms with Gasteiger partial charge in [0.25, 0.3) is 5.91 Å². The van der Waals surface area contributed by atoms with E-state index in [1.807, 2.05) is 19.1 Å². The normalized spacial score (nSPS) is 12.2. The molecule has 0 aliphatic heterocycles. The van der Waals surface area contributed by atoms with E-state index in [4.69, 9.17) is 26.5 Å². The Morgan fingerprint density at radius 3 is 2.48 bits per heavy atom. The summed E-state index contributed by atoms with van der Waals surface area (Å²) in [5.41, 5.74) is 2.58. The minimum atomic E-state index is -4.57. The zero-order chi connectivity index (χ0) is 31.6. The lowest BCUT2D eigenvalue weighted by Gasteiger charge is -2.17. The molecule has 0 saturated carbocycles. The van der Waals surface area contributed by atoms with Crippen LogP contribution in [-0.2, 0) is 11.0 Å². The van der Waals surface area contributed by atoms with Crippen LogP contribution in [0.4, 0.5) is 13.2 Å². The lowest BCUT2D eigenvalue weighted by Crippen LogP contribution is -2.26. The number of benzene rings is 3. The maximum atomic E-state index is 13.6. The van der Waals surface area contributed by atoms with Gasteiger partial charge in [0, 0.05) is 40.9 Å². The number of aliphatic carboxylic acids is 1. The molecule has 0 unspecified atom stereocenters. The van der Waals surface area contributed by atoms with Crippen LogP contribution in [0.2, 0.25) is 5.02 Å². The fourth-order valence-electron chi connectivity index (χ4n) is 4.74. The third kappa shape index (κ3) is 6.52. The maximum absolute atomic E-state index is 13.6. The smallest absolute Gasteiger partial charge is 0.416 e. The van der Waals surface area contributed by atoms with Gasteiger partial charge in [0.15, 0.2) is 0 Å². The van der Waals surface area contributed by atoms with Crippen molar-refractivity contribution in [2.45, 2.75) is 25.6 Å². The monoisotopic (exact) mass is 622 g/mol. The molecule has 5 aromatic rings. The largest absolute Gasteiger partial charge is 0.497 e. The molecular weight excluding hydrogens is 597 g/mol. The number of carboxylic acids is 1. The number of rotatable bonds is 9. The minimum absolute atomic E-state index is 0.00355. The number of carbonyl (C=O) groups is 2. The second kappa shape index (κ2) is 12.4. The van der Waals surface area contributed by atoms with Gasteiger partial charge in [-0.3, -0.25) is 19.3 Å². The number of nitrogens with one attached hydrogen (secondary N) is 1. The fourth-order valence-corrected chi connectivity index (χ4v) is 4.96. The molecule has 44 heavy (non-hydrogen) atoms. The molecule has 0 bridgehead atoms. The number of nitrogens with zero attached hydrogens (tertiary/aromatic N) is 3. The van der Waals surface area contributed by atoms with Gasteiger partial charge in [-0.05, 0) is 67.1 Å². The summed E-state index contributed by atoms with van der Waals surface area (Å²) in [4.78, 5) is 27.7. The Morgan fingerprint density at radius 1 is 1.05 bits per heavy atom. The number of alkyl halides is 3. The molecule has 0 aliphatic rings. The van der Waals surface area contributed by atoms with Crippen LogP contribution in [0.25, 0.3) is 33.4 Å². The minimum Gasteiger partial charge on any atom is -0.497 e. The van der Waals surface area contributed by atoms with Crippen molar-refractivity contribution in [1.29, 1.82) is 0 Å². The van der Waals surface area contributed by atoms with Crippen LogP contribution in [0.1, 0.15) is 40.9 Å². The van der Waals surface area contributed by atoms with Gasteiger partial charge in [0.05, 0.1) is 47.1 Å². The average Bonchev–Trinajstić information content (AvgIpc) is 3.45. The summed E-state index contributed by atoms with van der Waals surface area (Å²) >= 11 is 6.38. The van der Waals surface area contributed by atoms with Crippen LogP contribution in [-0.4, -0.2) is 45.4 Å². The van der Waals surface area contributed by atoms with E-state index in [0.717, 1.165) is 23.1 Å². The van der Waals surface area contributed by atoms with Gasteiger partial charge in [-0.2, -0.15) is 18.3 Å². The predicted octanol–water partition coefficient (Wildman–Crippen LogP) is 7.26. The first kappa shape index (κ1) is 30.6. The number of pyridine rings is 1. The summed E-state index contributed by atoms with van der Waals surface area (Å²) in [5.74, 6) is -0.779. The van der Waals surface area contributed by atoms with Crippen LogP contribution < -0.4 is 10.1 Å². The second-order valence-corrected chi connectivity index (χ2v) is 10.4. The number of fused-ring (bicyclic) bond motifs is 1. The second-order valence-electron chi connectivity index (χ2n) is 10.0. The van der Waals surface area contributed by atoms with Crippen molar-refractivity contribution < 1.29 is 32.6 Å². The highest BCUT2D eigenvalue weighted by atomic mass is 35.5. The molecule has 1 amide bonds. The van der Waals surface area contributed by atoms with E-state index < -0.39 is 29.7 Å². The van der Waals surface area contributed by atoms with E-state index in [1.165, 1.54) is 6.07 Å². The summed E-state index contributed by atoms with van der Waals surface area (Å²) in [6.45, 7) is 1.87. The Kier molecular flexibility index (Phi) is 8.59. The number of carboxylic acid groups (broad SMARTS) is 1. The summed E-state index contributed by atoms with van der Waals surface area (Å²) in [7, 11) is 1.56. The Balaban J connectivity index is 1.56. The van der Waals surface area contributed by atoms with Gasteiger partial charge < -0.3 is 15.2 Å². The van der Waals surface area contributed by atoms with Gasteiger partial charge in [0.2, 0.25) is 0 Å². The highest BCUT2D eigenvalue weighted by Gasteiger charge is 2.31. The Bertz CT molecular complexity index is 1860. The average molecular weight is 623 g/mol. The van der Waals surface area contributed by atoms with Crippen molar-refractivity contribution >= 4 is 34.4 Å². The predicted molar refractivity (Wildman–Crippen MR) is 160 cm³/mol. The number of hydrogen-bond donors (Lipinski definition) is 2.